The predicted octanol–water partition coefficient (Wildman–Crippen LogP) is 2.08. The molecule has 0 aliphatic heterocycles. The molecule has 128 valence electrons. The van der Waals surface area contributed by atoms with Crippen LogP contribution in [0.15, 0.2) is 39.0 Å². The van der Waals surface area contributed by atoms with E-state index < -0.39 is 5.91 Å². The molecule has 4 rings (SSSR count). The first-order valence-electron chi connectivity index (χ1n) is 8.07. The van der Waals surface area contributed by atoms with E-state index in [4.69, 9.17) is 4.42 Å². The Morgan fingerprint density at radius 2 is 2.32 bits per heavy atom. The maximum absolute atomic E-state index is 12.8. The van der Waals surface area contributed by atoms with Gasteiger partial charge in [0.1, 0.15) is 17.1 Å². The van der Waals surface area contributed by atoms with Crippen molar-refractivity contribution >= 4 is 33.7 Å². The Morgan fingerprint density at radius 3 is 3.16 bits per heavy atom. The Balaban J connectivity index is 1.54. The zero-order chi connectivity index (χ0) is 17.2. The number of aryl methyl sites for hydroxylation is 2. The molecule has 7 nitrogen and oxygen atoms in total. The van der Waals surface area contributed by atoms with Crippen LogP contribution >= 0.6 is 11.3 Å². The normalized spacial score (nSPS) is 14.1. The van der Waals surface area contributed by atoms with Crippen LogP contribution in [0.3, 0.4) is 0 Å². The van der Waals surface area contributed by atoms with E-state index >= 15 is 0 Å². The Morgan fingerprint density at radius 1 is 1.44 bits per heavy atom. The lowest BCUT2D eigenvalue weighted by Gasteiger charge is -2.10. The van der Waals surface area contributed by atoms with Crippen molar-refractivity contribution in [3.63, 3.8) is 0 Å². The summed E-state index contributed by atoms with van der Waals surface area (Å²) in [4.78, 5) is 31.2. The molecule has 0 saturated carbocycles. The first kappa shape index (κ1) is 15.8. The van der Waals surface area contributed by atoms with E-state index in [-0.39, 0.29) is 12.1 Å². The third-order valence-corrected chi connectivity index (χ3v) is 5.38. The van der Waals surface area contributed by atoms with Crippen LogP contribution in [0.2, 0.25) is 0 Å². The zero-order valence-electron chi connectivity index (χ0n) is 13.4. The summed E-state index contributed by atoms with van der Waals surface area (Å²) in [6.45, 7) is -0.123. The summed E-state index contributed by atoms with van der Waals surface area (Å²) in [5.41, 5.74) is 3.35. The van der Waals surface area contributed by atoms with E-state index in [0.717, 1.165) is 36.1 Å². The molecule has 1 aliphatic rings. The van der Waals surface area contributed by atoms with Crippen LogP contribution in [0, 0.1) is 0 Å². The van der Waals surface area contributed by atoms with Crippen LogP contribution in [-0.4, -0.2) is 21.7 Å². The molecule has 0 unspecified atom stereocenters. The molecular formula is C17H16N4O3S. The lowest BCUT2D eigenvalue weighted by Crippen LogP contribution is -2.30. The fourth-order valence-electron chi connectivity index (χ4n) is 3.02. The van der Waals surface area contributed by atoms with E-state index in [1.54, 1.807) is 23.5 Å². The van der Waals surface area contributed by atoms with Gasteiger partial charge in [0.15, 0.2) is 0 Å². The van der Waals surface area contributed by atoms with Gasteiger partial charge < -0.3 is 4.42 Å². The predicted molar refractivity (Wildman–Crippen MR) is 95.0 cm³/mol. The third kappa shape index (κ3) is 3.12. The Bertz CT molecular complexity index is 1000. The first-order chi connectivity index (χ1) is 12.2. The average molecular weight is 356 g/mol. The summed E-state index contributed by atoms with van der Waals surface area (Å²) < 4.78 is 6.42. The van der Waals surface area contributed by atoms with Crippen LogP contribution in [0.25, 0.3) is 10.2 Å². The Kier molecular flexibility index (Phi) is 4.19. The van der Waals surface area contributed by atoms with Crippen LogP contribution in [0.5, 0.6) is 0 Å². The van der Waals surface area contributed by atoms with Gasteiger partial charge in [-0.05, 0) is 43.4 Å². The van der Waals surface area contributed by atoms with Crippen molar-refractivity contribution in [3.05, 3.63) is 51.3 Å². The molecule has 0 aromatic carbocycles. The van der Waals surface area contributed by atoms with Crippen molar-refractivity contribution in [1.82, 2.24) is 15.0 Å². The summed E-state index contributed by atoms with van der Waals surface area (Å²) in [6, 6.07) is 3.45. The molecule has 0 radical (unpaired) electrons. The number of aromatic nitrogens is 2. The lowest BCUT2D eigenvalue weighted by atomic mass is 9.97. The first-order valence-corrected chi connectivity index (χ1v) is 8.89. The lowest BCUT2D eigenvalue weighted by molar-refractivity contribution is -0.121. The second kappa shape index (κ2) is 6.64. The number of hydrazone groups is 1. The SMILES string of the molecule is O=C(Cn1cnc2sc3c(c2c1=O)CCCC3)NN=Cc1ccco1. The molecule has 1 amide bonds. The number of nitrogens with zero attached hydrogens (tertiary/aromatic N) is 3. The van der Waals surface area contributed by atoms with Gasteiger partial charge in [-0.3, -0.25) is 14.2 Å². The van der Waals surface area contributed by atoms with Gasteiger partial charge in [0.2, 0.25) is 0 Å². The molecule has 0 bridgehead atoms. The van der Waals surface area contributed by atoms with Crippen LogP contribution in [0.4, 0.5) is 0 Å². The second-order valence-electron chi connectivity index (χ2n) is 5.88. The minimum absolute atomic E-state index is 0.123. The highest BCUT2D eigenvalue weighted by atomic mass is 32.1. The molecule has 25 heavy (non-hydrogen) atoms. The van der Waals surface area contributed by atoms with Crippen LogP contribution in [0.1, 0.15) is 29.0 Å². The van der Waals surface area contributed by atoms with Crippen molar-refractivity contribution in [2.24, 2.45) is 5.10 Å². The summed E-state index contributed by atoms with van der Waals surface area (Å²) in [6.07, 6.45) is 8.53. The number of thiophene rings is 1. The van der Waals surface area contributed by atoms with Crippen LogP contribution < -0.4 is 11.0 Å². The number of hydrogen-bond acceptors (Lipinski definition) is 6. The molecule has 0 fully saturated rings. The minimum atomic E-state index is -0.393. The maximum Gasteiger partial charge on any atom is 0.262 e. The molecule has 3 heterocycles. The van der Waals surface area contributed by atoms with Gasteiger partial charge in [0, 0.05) is 4.88 Å². The van der Waals surface area contributed by atoms with Crippen molar-refractivity contribution in [1.29, 1.82) is 0 Å². The highest BCUT2D eigenvalue weighted by Gasteiger charge is 2.20. The van der Waals surface area contributed by atoms with E-state index in [1.807, 2.05) is 0 Å². The van der Waals surface area contributed by atoms with E-state index in [2.05, 4.69) is 15.5 Å². The number of amides is 1. The van der Waals surface area contributed by atoms with Gasteiger partial charge in [0.05, 0.1) is 24.2 Å². The van der Waals surface area contributed by atoms with Gasteiger partial charge in [-0.2, -0.15) is 5.10 Å². The number of carbonyl (C=O) groups is 1. The average Bonchev–Trinajstić information content (AvgIpc) is 3.24. The standard InChI is InChI=1S/C17H16N4O3S/c22-14(20-19-8-11-4-3-7-24-11)9-21-10-18-16-15(17(21)23)12-5-1-2-6-13(12)25-16/h3-4,7-8,10H,1-2,5-6,9H2,(H,20,22). The van der Waals surface area contributed by atoms with Crippen molar-refractivity contribution < 1.29 is 9.21 Å². The molecule has 3 aromatic rings. The molecule has 1 N–H and O–H groups in total. The molecule has 0 spiro atoms. The molecule has 3 aromatic heterocycles. The largest absolute Gasteiger partial charge is 0.463 e. The fraction of sp³-hybridized carbons (Fsp3) is 0.294. The number of nitrogens with one attached hydrogen (secondary N) is 1. The Hall–Kier alpha value is -2.74. The number of fused-ring (bicyclic) bond motifs is 3. The Labute approximate surface area is 147 Å². The highest BCUT2D eigenvalue weighted by Crippen LogP contribution is 2.33. The summed E-state index contributed by atoms with van der Waals surface area (Å²) in [5, 5.41) is 4.49. The molecule has 1 aliphatic carbocycles. The van der Waals surface area contributed by atoms with Gasteiger partial charge in [-0.15, -0.1) is 11.3 Å². The number of rotatable bonds is 4. The minimum Gasteiger partial charge on any atom is -0.463 e. The topological polar surface area (TPSA) is 89.5 Å². The molecule has 0 saturated heterocycles. The van der Waals surface area contributed by atoms with E-state index in [9.17, 15) is 9.59 Å². The van der Waals surface area contributed by atoms with Crippen molar-refractivity contribution in [2.75, 3.05) is 0 Å². The summed E-state index contributed by atoms with van der Waals surface area (Å²) in [5.74, 6) is 0.139. The zero-order valence-corrected chi connectivity index (χ0v) is 14.2. The van der Waals surface area contributed by atoms with E-state index in [1.165, 1.54) is 28.2 Å². The molecule has 0 atom stereocenters. The molecule has 8 heteroatoms. The maximum atomic E-state index is 12.8. The van der Waals surface area contributed by atoms with Gasteiger partial charge in [-0.25, -0.2) is 10.4 Å². The van der Waals surface area contributed by atoms with Gasteiger partial charge in [-0.1, -0.05) is 0 Å². The number of furan rings is 1. The summed E-state index contributed by atoms with van der Waals surface area (Å²) in [7, 11) is 0. The van der Waals surface area contributed by atoms with Gasteiger partial charge in [0.25, 0.3) is 11.5 Å². The molecular weight excluding hydrogens is 340 g/mol. The number of carbonyl (C=O) groups excluding carboxylic acids is 1. The monoisotopic (exact) mass is 356 g/mol. The fourth-order valence-corrected chi connectivity index (χ4v) is 4.24. The van der Waals surface area contributed by atoms with Gasteiger partial charge >= 0.3 is 0 Å². The second-order valence-corrected chi connectivity index (χ2v) is 6.96. The quantitative estimate of drug-likeness (QED) is 0.572. The summed E-state index contributed by atoms with van der Waals surface area (Å²) >= 11 is 1.59. The smallest absolute Gasteiger partial charge is 0.262 e. The number of hydrogen-bond donors (Lipinski definition) is 1. The van der Waals surface area contributed by atoms with Crippen molar-refractivity contribution in [2.45, 2.75) is 32.2 Å². The van der Waals surface area contributed by atoms with Crippen LogP contribution in [-0.2, 0) is 24.2 Å². The highest BCUT2D eigenvalue weighted by molar-refractivity contribution is 7.18. The third-order valence-electron chi connectivity index (χ3n) is 4.18. The van der Waals surface area contributed by atoms with Crippen molar-refractivity contribution in [3.8, 4) is 0 Å². The van der Waals surface area contributed by atoms with E-state index in [0.29, 0.717) is 11.1 Å².